The number of thioether (sulfide) groups is 1. The maximum atomic E-state index is 14.2. The second-order valence-electron chi connectivity index (χ2n) is 11.3. The number of rotatable bonds is 3. The summed E-state index contributed by atoms with van der Waals surface area (Å²) in [7, 11) is 0. The van der Waals surface area contributed by atoms with Crippen LogP contribution < -0.4 is 0 Å². The third-order valence-electron chi connectivity index (χ3n) is 10.4. The Balaban J connectivity index is 1.35. The van der Waals surface area contributed by atoms with Gasteiger partial charge in [0.2, 0.25) is 5.91 Å². The predicted molar refractivity (Wildman–Crippen MR) is 134 cm³/mol. The molecule has 3 nitrogen and oxygen atoms in total. The van der Waals surface area contributed by atoms with Gasteiger partial charge in [0.05, 0.1) is 11.8 Å². The number of nitrogens with zero attached hydrogens (tertiary/aromatic N) is 1. The molecule has 2 bridgehead atoms. The van der Waals surface area contributed by atoms with Crippen molar-refractivity contribution in [2.75, 3.05) is 6.54 Å². The van der Waals surface area contributed by atoms with Crippen LogP contribution in [-0.2, 0) is 15.0 Å². The smallest absolute Gasteiger partial charge is 0.227 e. The molecule has 0 aromatic heterocycles. The molecule has 2 heterocycles. The number of fused-ring (bicyclic) bond motifs is 4. The van der Waals surface area contributed by atoms with Crippen molar-refractivity contribution in [3.8, 4) is 0 Å². The average Bonchev–Trinajstić information content (AvgIpc) is 3.55. The normalized spacial score (nSPS) is 41.4. The summed E-state index contributed by atoms with van der Waals surface area (Å²) in [4.78, 5) is 31.0. The first-order chi connectivity index (χ1) is 16.5. The van der Waals surface area contributed by atoms with Crippen LogP contribution in [0.4, 0.5) is 0 Å². The van der Waals surface area contributed by atoms with Gasteiger partial charge in [0.15, 0.2) is 5.12 Å². The van der Waals surface area contributed by atoms with E-state index in [1.165, 1.54) is 30.2 Å². The van der Waals surface area contributed by atoms with Gasteiger partial charge in [0.1, 0.15) is 0 Å². The summed E-state index contributed by atoms with van der Waals surface area (Å²) in [5.41, 5.74) is 1.06. The second-order valence-corrected chi connectivity index (χ2v) is 12.4. The van der Waals surface area contributed by atoms with E-state index >= 15 is 0 Å². The molecule has 7 atom stereocenters. The van der Waals surface area contributed by atoms with Crippen LogP contribution in [0.25, 0.3) is 0 Å². The lowest BCUT2D eigenvalue weighted by Crippen LogP contribution is -2.51. The van der Waals surface area contributed by atoms with E-state index in [4.69, 9.17) is 0 Å². The monoisotopic (exact) mass is 469 g/mol. The van der Waals surface area contributed by atoms with Crippen molar-refractivity contribution in [1.29, 1.82) is 0 Å². The summed E-state index contributed by atoms with van der Waals surface area (Å²) in [5, 5.41) is 0.238. The molecule has 0 unspecified atom stereocenters. The molecule has 7 rings (SSSR count). The molecule has 0 radical (unpaired) electrons. The lowest BCUT2D eigenvalue weighted by molar-refractivity contribution is -0.133. The van der Waals surface area contributed by atoms with Crippen molar-refractivity contribution >= 4 is 22.8 Å². The summed E-state index contributed by atoms with van der Waals surface area (Å²) < 4.78 is 0. The number of allylic oxidation sites excluding steroid dienone is 2. The fraction of sp³-hybridized carbons (Fsp3) is 0.467. The Bertz CT molecular complexity index is 1190. The SMILES string of the molecule is C[C@]12CCCC[C@@]13C=C[C@@]2(c1ccccc1)[C@@H]1C(=O)N2CC[C@H](C(=O)Sc4ccccc4)[C@H]2[C@@H]13. The van der Waals surface area contributed by atoms with Gasteiger partial charge in [-0.05, 0) is 42.4 Å². The van der Waals surface area contributed by atoms with Crippen molar-refractivity contribution in [2.24, 2.45) is 28.6 Å². The van der Waals surface area contributed by atoms with Crippen LogP contribution in [0.5, 0.6) is 0 Å². The van der Waals surface area contributed by atoms with E-state index in [9.17, 15) is 9.59 Å². The van der Waals surface area contributed by atoms with E-state index in [1.807, 2.05) is 30.3 Å². The highest BCUT2D eigenvalue weighted by Crippen LogP contribution is 2.81. The van der Waals surface area contributed by atoms with E-state index < -0.39 is 0 Å². The van der Waals surface area contributed by atoms with Crippen LogP contribution in [-0.4, -0.2) is 28.5 Å². The Kier molecular flexibility index (Phi) is 4.38. The van der Waals surface area contributed by atoms with Gasteiger partial charge in [-0.3, -0.25) is 9.59 Å². The maximum Gasteiger partial charge on any atom is 0.227 e. The Morgan fingerprint density at radius 2 is 1.68 bits per heavy atom. The minimum Gasteiger partial charge on any atom is -0.338 e. The Morgan fingerprint density at radius 3 is 2.44 bits per heavy atom. The Morgan fingerprint density at radius 1 is 0.971 bits per heavy atom. The Labute approximate surface area is 206 Å². The minimum atomic E-state index is -0.263. The van der Waals surface area contributed by atoms with Gasteiger partial charge in [-0.1, -0.05) is 92.2 Å². The molecule has 5 aliphatic rings. The molecule has 3 aliphatic carbocycles. The van der Waals surface area contributed by atoms with Gasteiger partial charge in [-0.25, -0.2) is 0 Å². The van der Waals surface area contributed by atoms with Crippen LogP contribution >= 0.6 is 11.8 Å². The molecule has 2 saturated heterocycles. The van der Waals surface area contributed by atoms with E-state index in [2.05, 4.69) is 54.3 Å². The highest BCUT2D eigenvalue weighted by atomic mass is 32.2. The summed E-state index contributed by atoms with van der Waals surface area (Å²) in [6, 6.07) is 20.8. The molecule has 4 fully saturated rings. The molecule has 174 valence electrons. The van der Waals surface area contributed by atoms with Gasteiger partial charge in [0.25, 0.3) is 0 Å². The molecule has 2 aromatic carbocycles. The number of hydrogen-bond donors (Lipinski definition) is 0. The summed E-state index contributed by atoms with van der Waals surface area (Å²) >= 11 is 1.37. The zero-order valence-electron chi connectivity index (χ0n) is 19.7. The average molecular weight is 470 g/mol. The van der Waals surface area contributed by atoms with E-state index in [-0.39, 0.29) is 45.2 Å². The topological polar surface area (TPSA) is 37.4 Å². The first-order valence-corrected chi connectivity index (χ1v) is 13.7. The number of hydrogen-bond acceptors (Lipinski definition) is 3. The number of carbonyl (C=O) groups is 2. The lowest BCUT2D eigenvalue weighted by Gasteiger charge is -2.52. The molecule has 2 aromatic rings. The van der Waals surface area contributed by atoms with Gasteiger partial charge in [-0.15, -0.1) is 0 Å². The van der Waals surface area contributed by atoms with E-state index in [0.717, 1.165) is 30.7 Å². The van der Waals surface area contributed by atoms with Crippen molar-refractivity contribution in [3.63, 3.8) is 0 Å². The van der Waals surface area contributed by atoms with Gasteiger partial charge < -0.3 is 4.90 Å². The number of amides is 1. The fourth-order valence-electron chi connectivity index (χ4n) is 9.19. The summed E-state index contributed by atoms with van der Waals surface area (Å²) in [6.45, 7) is 3.19. The first-order valence-electron chi connectivity index (χ1n) is 12.9. The largest absolute Gasteiger partial charge is 0.338 e. The summed E-state index contributed by atoms with van der Waals surface area (Å²) in [6.07, 6.45) is 10.5. The summed E-state index contributed by atoms with van der Waals surface area (Å²) in [5.74, 6) is 0.400. The fourth-order valence-corrected chi connectivity index (χ4v) is 10.1. The van der Waals surface area contributed by atoms with Crippen LogP contribution in [0.15, 0.2) is 77.7 Å². The molecule has 0 spiro atoms. The third-order valence-corrected chi connectivity index (χ3v) is 11.4. The number of benzene rings is 2. The highest BCUT2D eigenvalue weighted by Gasteiger charge is 2.81. The molecule has 2 aliphatic heterocycles. The van der Waals surface area contributed by atoms with Crippen molar-refractivity contribution in [1.82, 2.24) is 4.90 Å². The van der Waals surface area contributed by atoms with Gasteiger partial charge in [0, 0.05) is 34.2 Å². The molecular weight excluding hydrogens is 438 g/mol. The second kappa shape index (κ2) is 7.10. The van der Waals surface area contributed by atoms with Crippen LogP contribution in [0, 0.1) is 28.6 Å². The zero-order chi connectivity index (χ0) is 23.1. The van der Waals surface area contributed by atoms with Crippen molar-refractivity contribution in [2.45, 2.75) is 55.4 Å². The van der Waals surface area contributed by atoms with Crippen LogP contribution in [0.2, 0.25) is 0 Å². The van der Waals surface area contributed by atoms with Gasteiger partial charge in [-0.2, -0.15) is 0 Å². The lowest BCUT2D eigenvalue weighted by atomic mass is 9.52. The van der Waals surface area contributed by atoms with Crippen LogP contribution in [0.3, 0.4) is 0 Å². The molecule has 1 amide bonds. The van der Waals surface area contributed by atoms with Gasteiger partial charge >= 0.3 is 0 Å². The van der Waals surface area contributed by atoms with Crippen LogP contribution in [0.1, 0.15) is 44.6 Å². The minimum absolute atomic E-state index is 0.00111. The number of carbonyl (C=O) groups excluding carboxylic acids is 2. The first kappa shape index (κ1) is 21.0. The van der Waals surface area contributed by atoms with Crippen molar-refractivity contribution in [3.05, 3.63) is 78.4 Å². The molecular formula is C30H31NO2S. The Hall–Kier alpha value is -2.33. The van der Waals surface area contributed by atoms with Crippen molar-refractivity contribution < 1.29 is 9.59 Å². The molecule has 2 saturated carbocycles. The zero-order valence-corrected chi connectivity index (χ0v) is 20.5. The quantitative estimate of drug-likeness (QED) is 0.418. The predicted octanol–water partition coefficient (Wildman–Crippen LogP) is 5.86. The third kappa shape index (κ3) is 2.31. The maximum absolute atomic E-state index is 14.2. The van der Waals surface area contributed by atoms with E-state index in [1.54, 1.807) is 0 Å². The highest BCUT2D eigenvalue weighted by molar-refractivity contribution is 8.13. The molecule has 4 heteroatoms. The van der Waals surface area contributed by atoms with E-state index in [0.29, 0.717) is 5.91 Å². The standard InChI is InChI=1S/C30H31NO2S/c1-28-15-8-9-16-29(28)17-18-30(28,20-10-4-2-5-11-20)24-23(29)25-22(14-19-31(25)26(24)32)27(33)34-21-12-6-3-7-13-21/h2-7,10-13,17-18,22-25H,8-9,14-16,19H2,1H3/t22-,23+,24-,25-,28-,29-,30+/m0/s1. The molecule has 34 heavy (non-hydrogen) atoms. The molecule has 0 N–H and O–H groups in total.